The van der Waals surface area contributed by atoms with Gasteiger partial charge in [0, 0.05) is 30.5 Å². The monoisotopic (exact) mass is 381 g/mol. The quantitative estimate of drug-likeness (QED) is 0.765. The van der Waals surface area contributed by atoms with E-state index in [1.54, 1.807) is 0 Å². The van der Waals surface area contributed by atoms with E-state index in [4.69, 9.17) is 4.74 Å². The maximum Gasteiger partial charge on any atom is 0.241 e. The van der Waals surface area contributed by atoms with Gasteiger partial charge < -0.3 is 15.0 Å². The van der Waals surface area contributed by atoms with Crippen molar-refractivity contribution in [2.75, 3.05) is 36.5 Å². The van der Waals surface area contributed by atoms with Gasteiger partial charge >= 0.3 is 0 Å². The van der Waals surface area contributed by atoms with Crippen molar-refractivity contribution < 1.29 is 9.53 Å². The van der Waals surface area contributed by atoms with Gasteiger partial charge in [-0.25, -0.2) is 0 Å². The average Bonchev–Trinajstić information content (AvgIpc) is 2.73. The van der Waals surface area contributed by atoms with Crippen molar-refractivity contribution in [3.05, 3.63) is 60.2 Å². The fraction of sp³-hybridized carbons (Fsp3) is 0.435. The second-order valence-corrected chi connectivity index (χ2v) is 7.66. The van der Waals surface area contributed by atoms with E-state index in [0.29, 0.717) is 5.92 Å². The van der Waals surface area contributed by atoms with E-state index in [1.165, 1.54) is 5.56 Å². The minimum absolute atomic E-state index is 0.0271. The van der Waals surface area contributed by atoms with Crippen LogP contribution in [0.5, 0.6) is 0 Å². The predicted molar refractivity (Wildman–Crippen MR) is 115 cm³/mol. The van der Waals surface area contributed by atoms with Gasteiger partial charge in [-0.05, 0) is 42.7 Å². The zero-order valence-corrected chi connectivity index (χ0v) is 17.0. The van der Waals surface area contributed by atoms with E-state index in [0.717, 1.165) is 37.7 Å². The molecule has 0 unspecified atom stereocenters. The lowest BCUT2D eigenvalue weighted by atomic mass is 9.95. The van der Waals surface area contributed by atoms with Gasteiger partial charge in [0.15, 0.2) is 0 Å². The highest BCUT2D eigenvalue weighted by Gasteiger charge is 2.21. The highest BCUT2D eigenvalue weighted by atomic mass is 16.5. The molecule has 1 amide bonds. The lowest BCUT2D eigenvalue weighted by molar-refractivity contribution is -0.118. The lowest BCUT2D eigenvalue weighted by Gasteiger charge is -2.29. The molecule has 2 aromatic carbocycles. The molecule has 1 fully saturated rings. The highest BCUT2D eigenvalue weighted by molar-refractivity contribution is 5.94. The molecule has 0 bridgehead atoms. The number of rotatable bonds is 7. The van der Waals surface area contributed by atoms with Crippen molar-refractivity contribution in [2.45, 2.75) is 32.9 Å². The molecule has 0 saturated carbocycles. The molecule has 2 aromatic rings. The van der Waals surface area contributed by atoms with Crippen LogP contribution >= 0.6 is 0 Å². The van der Waals surface area contributed by atoms with E-state index in [1.807, 2.05) is 37.3 Å². The Balaban J connectivity index is 1.58. The van der Waals surface area contributed by atoms with Crippen LogP contribution in [0.25, 0.3) is 0 Å². The first-order chi connectivity index (χ1) is 13.5. The van der Waals surface area contributed by atoms with Gasteiger partial charge in [-0.1, -0.05) is 44.2 Å². The summed E-state index contributed by atoms with van der Waals surface area (Å²) in [6, 6.07) is 18.2. The van der Waals surface area contributed by atoms with Gasteiger partial charge in [0.05, 0.1) is 19.3 Å². The van der Waals surface area contributed by atoms with E-state index in [-0.39, 0.29) is 18.0 Å². The fourth-order valence-corrected chi connectivity index (χ4v) is 3.51. The van der Waals surface area contributed by atoms with Crippen LogP contribution in [0.15, 0.2) is 54.6 Å². The van der Waals surface area contributed by atoms with Gasteiger partial charge in [-0.3, -0.25) is 10.1 Å². The van der Waals surface area contributed by atoms with Crippen LogP contribution < -0.4 is 15.5 Å². The van der Waals surface area contributed by atoms with Crippen molar-refractivity contribution in [1.82, 2.24) is 5.32 Å². The zero-order valence-electron chi connectivity index (χ0n) is 17.0. The van der Waals surface area contributed by atoms with Gasteiger partial charge in [-0.15, -0.1) is 0 Å². The van der Waals surface area contributed by atoms with Crippen molar-refractivity contribution in [2.24, 2.45) is 5.92 Å². The van der Waals surface area contributed by atoms with Gasteiger partial charge in [0.25, 0.3) is 0 Å². The third-order valence-electron chi connectivity index (χ3n) is 5.16. The second kappa shape index (κ2) is 9.71. The van der Waals surface area contributed by atoms with Crippen LogP contribution in [0, 0.1) is 5.92 Å². The zero-order chi connectivity index (χ0) is 19.9. The van der Waals surface area contributed by atoms with Gasteiger partial charge in [0.2, 0.25) is 5.91 Å². The number of ether oxygens (including phenoxy) is 1. The second-order valence-electron chi connectivity index (χ2n) is 7.66. The Morgan fingerprint density at radius 3 is 2.21 bits per heavy atom. The minimum atomic E-state index is -0.300. The van der Waals surface area contributed by atoms with Crippen LogP contribution in [0.3, 0.4) is 0 Å². The predicted octanol–water partition coefficient (Wildman–Crippen LogP) is 3.84. The van der Waals surface area contributed by atoms with E-state index in [9.17, 15) is 4.79 Å². The molecular formula is C23H31N3O2. The van der Waals surface area contributed by atoms with E-state index < -0.39 is 0 Å². The summed E-state index contributed by atoms with van der Waals surface area (Å²) < 4.78 is 5.40. The molecule has 0 aromatic heterocycles. The highest BCUT2D eigenvalue weighted by Crippen LogP contribution is 2.23. The first-order valence-corrected chi connectivity index (χ1v) is 10.1. The normalized spacial score (nSPS) is 16.6. The third kappa shape index (κ3) is 5.33. The average molecular weight is 382 g/mol. The Bertz CT molecular complexity index is 740. The smallest absolute Gasteiger partial charge is 0.241 e. The summed E-state index contributed by atoms with van der Waals surface area (Å²) in [4.78, 5) is 15.0. The number of hydrogen-bond acceptors (Lipinski definition) is 4. The lowest BCUT2D eigenvalue weighted by Crippen LogP contribution is -2.41. The summed E-state index contributed by atoms with van der Waals surface area (Å²) in [6.45, 7) is 9.58. The van der Waals surface area contributed by atoms with E-state index >= 15 is 0 Å². The largest absolute Gasteiger partial charge is 0.378 e. The van der Waals surface area contributed by atoms with Crippen molar-refractivity contribution in [3.8, 4) is 0 Å². The summed E-state index contributed by atoms with van der Waals surface area (Å²) in [5.41, 5.74) is 3.18. The molecular weight excluding hydrogens is 350 g/mol. The number of benzene rings is 2. The first kappa shape index (κ1) is 20.4. The summed E-state index contributed by atoms with van der Waals surface area (Å²) in [6.07, 6.45) is 0. The molecule has 28 heavy (non-hydrogen) atoms. The molecule has 0 spiro atoms. The van der Waals surface area contributed by atoms with Crippen LogP contribution in [-0.2, 0) is 9.53 Å². The SMILES string of the molecule is CC(C)[C@H](N[C@H](C)C(=O)Nc1ccc(N2CCOCC2)cc1)c1ccccc1. The number of amides is 1. The Morgan fingerprint density at radius 2 is 1.61 bits per heavy atom. The molecule has 0 aliphatic carbocycles. The molecule has 1 heterocycles. The number of carbonyl (C=O) groups is 1. The Hall–Kier alpha value is -2.37. The first-order valence-electron chi connectivity index (χ1n) is 10.1. The number of carbonyl (C=O) groups excluding carboxylic acids is 1. The summed E-state index contributed by atoms with van der Waals surface area (Å²) in [5, 5.41) is 6.50. The molecule has 2 atom stereocenters. The molecule has 150 valence electrons. The van der Waals surface area contributed by atoms with Crippen molar-refractivity contribution in [1.29, 1.82) is 0 Å². The standard InChI is InChI=1S/C23H31N3O2/c1-17(2)22(19-7-5-4-6-8-19)24-18(3)23(27)25-20-9-11-21(12-10-20)26-13-15-28-16-14-26/h4-12,17-18,22,24H,13-16H2,1-3H3,(H,25,27)/t18-,22+/m1/s1. The van der Waals surface area contributed by atoms with Crippen LogP contribution in [-0.4, -0.2) is 38.3 Å². The number of anilines is 2. The van der Waals surface area contributed by atoms with Crippen LogP contribution in [0.2, 0.25) is 0 Å². The molecule has 5 heteroatoms. The van der Waals surface area contributed by atoms with E-state index in [2.05, 4.69) is 53.6 Å². The molecule has 3 rings (SSSR count). The number of morpholine rings is 1. The third-order valence-corrected chi connectivity index (χ3v) is 5.16. The Morgan fingerprint density at radius 1 is 0.964 bits per heavy atom. The molecule has 1 saturated heterocycles. The van der Waals surface area contributed by atoms with Crippen molar-refractivity contribution >= 4 is 17.3 Å². The molecule has 1 aliphatic heterocycles. The molecule has 2 N–H and O–H groups in total. The summed E-state index contributed by atoms with van der Waals surface area (Å²) in [7, 11) is 0. The summed E-state index contributed by atoms with van der Waals surface area (Å²) in [5.74, 6) is 0.353. The number of hydrogen-bond donors (Lipinski definition) is 2. The topological polar surface area (TPSA) is 53.6 Å². The number of nitrogens with one attached hydrogen (secondary N) is 2. The Kier molecular flexibility index (Phi) is 7.06. The maximum absolute atomic E-state index is 12.7. The van der Waals surface area contributed by atoms with Crippen molar-refractivity contribution in [3.63, 3.8) is 0 Å². The molecule has 0 radical (unpaired) electrons. The van der Waals surface area contributed by atoms with Gasteiger partial charge in [-0.2, -0.15) is 0 Å². The van der Waals surface area contributed by atoms with Gasteiger partial charge in [0.1, 0.15) is 0 Å². The Labute approximate surface area is 168 Å². The maximum atomic E-state index is 12.7. The minimum Gasteiger partial charge on any atom is -0.378 e. The number of nitrogens with zero attached hydrogens (tertiary/aromatic N) is 1. The van der Waals surface area contributed by atoms with Crippen LogP contribution in [0.4, 0.5) is 11.4 Å². The molecule has 1 aliphatic rings. The summed E-state index contributed by atoms with van der Waals surface area (Å²) >= 11 is 0. The molecule has 5 nitrogen and oxygen atoms in total. The van der Waals surface area contributed by atoms with Crippen LogP contribution in [0.1, 0.15) is 32.4 Å². The fourth-order valence-electron chi connectivity index (χ4n) is 3.51.